The van der Waals surface area contributed by atoms with Crippen molar-refractivity contribution in [2.24, 2.45) is 0 Å². The third-order valence-corrected chi connectivity index (χ3v) is 26.1. The summed E-state index contributed by atoms with van der Waals surface area (Å²) < 4.78 is 5.85. The predicted octanol–water partition coefficient (Wildman–Crippen LogP) is 4.55. The van der Waals surface area contributed by atoms with Gasteiger partial charge in [0.05, 0.1) is 6.61 Å². The van der Waals surface area contributed by atoms with E-state index >= 15 is 0 Å². The Kier molecular flexibility index (Phi) is 5.65. The van der Waals surface area contributed by atoms with Crippen molar-refractivity contribution in [2.45, 2.75) is 63.2 Å². The van der Waals surface area contributed by atoms with Crippen LogP contribution in [0.3, 0.4) is 0 Å². The van der Waals surface area contributed by atoms with Crippen LogP contribution in [0.1, 0.15) is 0 Å². The van der Waals surface area contributed by atoms with Crippen LogP contribution < -0.4 is 0 Å². The summed E-state index contributed by atoms with van der Waals surface area (Å²) in [7, 11) is -4.43. The fourth-order valence-corrected chi connectivity index (χ4v) is 32.8. The molecule has 0 aromatic heterocycles. The van der Waals surface area contributed by atoms with Crippen molar-refractivity contribution in [2.75, 3.05) is 6.61 Å². The molecule has 112 valence electrons. The highest BCUT2D eigenvalue weighted by molar-refractivity contribution is 7.15. The largest absolute Gasteiger partial charge is 0.463 e. The van der Waals surface area contributed by atoms with E-state index in [9.17, 15) is 4.79 Å². The van der Waals surface area contributed by atoms with Crippen LogP contribution in [0.4, 0.5) is 0 Å². The molecule has 0 aliphatic carbocycles. The fraction of sp³-hybridized carbons (Fsp3) is 0.786. The van der Waals surface area contributed by atoms with Gasteiger partial charge in [-0.05, 0) is 4.28 Å². The van der Waals surface area contributed by atoms with Gasteiger partial charge in [-0.25, -0.2) is 4.79 Å². The highest BCUT2D eigenvalue weighted by atomic mass is 28.5. The third kappa shape index (κ3) is 3.70. The van der Waals surface area contributed by atoms with Gasteiger partial charge in [-0.15, -0.1) is 0 Å². The molecule has 0 rings (SSSR count). The highest BCUT2D eigenvalue weighted by Crippen LogP contribution is 2.53. The monoisotopic (exact) mass is 316 g/mol. The zero-order valence-corrected chi connectivity index (χ0v) is 17.3. The van der Waals surface area contributed by atoms with Crippen LogP contribution >= 0.6 is 0 Å². The molecule has 0 fully saturated rings. The topological polar surface area (TPSA) is 26.3 Å². The van der Waals surface area contributed by atoms with E-state index in [4.69, 9.17) is 4.74 Å². The Hall–Kier alpha value is -0.139. The lowest BCUT2D eigenvalue weighted by molar-refractivity contribution is -0.137. The molecule has 0 bridgehead atoms. The molecule has 0 amide bonds. The van der Waals surface area contributed by atoms with Gasteiger partial charge in [-0.3, -0.25) is 0 Å². The average Bonchev–Trinajstić information content (AvgIpc) is 2.11. The van der Waals surface area contributed by atoms with Crippen LogP contribution in [0, 0.1) is 0 Å². The summed E-state index contributed by atoms with van der Waals surface area (Å²) >= 11 is 0. The summed E-state index contributed by atoms with van der Waals surface area (Å²) in [6.45, 7) is 26.0. The molecule has 0 radical (unpaired) electrons. The molecule has 0 aromatic carbocycles. The zero-order chi connectivity index (χ0) is 15.7. The fourth-order valence-electron chi connectivity index (χ4n) is 4.26. The van der Waals surface area contributed by atoms with Crippen molar-refractivity contribution in [3.05, 3.63) is 12.7 Å². The summed E-state index contributed by atoms with van der Waals surface area (Å²) in [4.78, 5) is 11.5. The summed E-state index contributed by atoms with van der Waals surface area (Å²) in [6, 6.07) is 0. The third-order valence-electron chi connectivity index (χ3n) is 4.44. The number of rotatable bonds is 6. The number of ether oxygens (including phenoxy) is 1. The zero-order valence-electron chi connectivity index (χ0n) is 14.3. The van der Waals surface area contributed by atoms with Gasteiger partial charge in [0.1, 0.15) is 0 Å². The lowest BCUT2D eigenvalue weighted by Crippen LogP contribution is -2.67. The molecule has 0 spiro atoms. The van der Waals surface area contributed by atoms with Crippen LogP contribution in [0.15, 0.2) is 12.7 Å². The first kappa shape index (κ1) is 18.9. The second-order valence-corrected chi connectivity index (χ2v) is 26.0. The highest BCUT2D eigenvalue weighted by Gasteiger charge is 2.60. The molecule has 5 heteroatoms. The minimum Gasteiger partial charge on any atom is -0.463 e. The molecule has 0 aromatic rings. The first-order valence-corrected chi connectivity index (χ1v) is 17.5. The van der Waals surface area contributed by atoms with Crippen molar-refractivity contribution in [1.82, 2.24) is 0 Å². The Morgan fingerprint density at radius 3 is 1.47 bits per heavy atom. The van der Waals surface area contributed by atoms with E-state index in [-0.39, 0.29) is 10.3 Å². The first-order valence-electron chi connectivity index (χ1n) is 7.00. The van der Waals surface area contributed by atoms with E-state index in [2.05, 4.69) is 65.5 Å². The molecule has 0 atom stereocenters. The minimum absolute atomic E-state index is 0.270. The van der Waals surface area contributed by atoms with Crippen molar-refractivity contribution in [3.8, 4) is 0 Å². The van der Waals surface area contributed by atoms with Crippen molar-refractivity contribution < 1.29 is 9.53 Å². The van der Waals surface area contributed by atoms with Gasteiger partial charge in [-0.2, -0.15) is 0 Å². The van der Waals surface area contributed by atoms with E-state index < -0.39 is 24.2 Å². The van der Waals surface area contributed by atoms with Crippen LogP contribution in [0.5, 0.6) is 0 Å². The quantitative estimate of drug-likeness (QED) is 0.408. The lowest BCUT2D eigenvalue weighted by Gasteiger charge is -2.58. The van der Waals surface area contributed by atoms with Crippen molar-refractivity contribution in [1.29, 1.82) is 0 Å². The van der Waals surface area contributed by atoms with Gasteiger partial charge >= 0.3 is 5.97 Å². The second kappa shape index (κ2) is 5.69. The first-order chi connectivity index (χ1) is 8.20. The molecule has 0 unspecified atom stereocenters. The Balaban J connectivity index is 5.82. The van der Waals surface area contributed by atoms with Gasteiger partial charge in [0.25, 0.3) is 0 Å². The number of carbonyl (C=O) groups is 1. The summed E-state index contributed by atoms with van der Waals surface area (Å²) in [5.74, 6) is -0.279. The summed E-state index contributed by atoms with van der Waals surface area (Å²) in [6.07, 6.45) is 1.28. The van der Waals surface area contributed by atoms with Gasteiger partial charge in [0, 0.05) is 30.3 Å². The molecule has 0 N–H and O–H groups in total. The molecule has 19 heavy (non-hydrogen) atoms. The van der Waals surface area contributed by atoms with Crippen LogP contribution in [0.2, 0.25) is 63.2 Å². The smallest absolute Gasteiger partial charge is 0.330 e. The number of esters is 1. The molecule has 0 heterocycles. The van der Waals surface area contributed by atoms with E-state index in [1.54, 1.807) is 0 Å². The van der Waals surface area contributed by atoms with E-state index in [1.807, 2.05) is 0 Å². The van der Waals surface area contributed by atoms with Crippen molar-refractivity contribution >= 4 is 30.2 Å². The average molecular weight is 317 g/mol. The van der Waals surface area contributed by atoms with Gasteiger partial charge < -0.3 is 4.74 Å². The second-order valence-electron chi connectivity index (χ2n) is 8.47. The molecule has 0 saturated carbocycles. The Morgan fingerprint density at radius 1 is 0.947 bits per heavy atom. The lowest BCUT2D eigenvalue weighted by atomic mass is 10.6. The Morgan fingerprint density at radius 2 is 1.26 bits per heavy atom. The van der Waals surface area contributed by atoms with E-state index in [1.165, 1.54) is 6.08 Å². The molecular weight excluding hydrogens is 284 g/mol. The maximum atomic E-state index is 11.5. The normalized spacial score (nSPS) is 14.2. The molecular formula is C14H32O2Si3. The van der Waals surface area contributed by atoms with Crippen LogP contribution in [0.25, 0.3) is 0 Å². The van der Waals surface area contributed by atoms with Crippen molar-refractivity contribution in [3.63, 3.8) is 0 Å². The number of hydrogen-bond donors (Lipinski definition) is 0. The Bertz CT molecular complexity index is 307. The summed E-state index contributed by atoms with van der Waals surface area (Å²) in [5.41, 5.74) is 0. The van der Waals surface area contributed by atoms with E-state index in [0.29, 0.717) is 6.61 Å². The molecule has 2 nitrogen and oxygen atoms in total. The van der Waals surface area contributed by atoms with Crippen LogP contribution in [-0.2, 0) is 9.53 Å². The Labute approximate surface area is 122 Å². The maximum absolute atomic E-state index is 11.5. The number of carbonyl (C=O) groups excluding carboxylic acids is 1. The van der Waals surface area contributed by atoms with Crippen LogP contribution in [-0.4, -0.2) is 36.8 Å². The van der Waals surface area contributed by atoms with Gasteiger partial charge in [0.2, 0.25) is 0 Å². The predicted molar refractivity (Wildman–Crippen MR) is 93.9 cm³/mol. The van der Waals surface area contributed by atoms with Gasteiger partial charge in [-0.1, -0.05) is 65.5 Å². The van der Waals surface area contributed by atoms with Gasteiger partial charge in [0.15, 0.2) is 0 Å². The molecule has 0 aliphatic rings. The molecule has 0 saturated heterocycles. The summed E-state index contributed by atoms with van der Waals surface area (Å²) in [5, 5.41) is 0. The SMILES string of the molecule is C=CC(=O)OCC([Si](C)(C)C)([Si](C)(C)C)[Si](C)(C)C. The standard InChI is InChI=1S/C14H32O2Si3/c1-11-13(15)16-12-14(17(2,3)4,18(5,6)7)19(8,9)10/h11H,1,12H2,2-10H3. The maximum Gasteiger partial charge on any atom is 0.330 e. The van der Waals surface area contributed by atoms with E-state index in [0.717, 1.165) is 0 Å². The molecule has 0 aliphatic heterocycles. The number of hydrogen-bond acceptors (Lipinski definition) is 2. The minimum atomic E-state index is -1.48.